The maximum Gasteiger partial charge on any atom is 0.416 e. The summed E-state index contributed by atoms with van der Waals surface area (Å²) in [5.74, 6) is 0.417. The summed E-state index contributed by atoms with van der Waals surface area (Å²) in [7, 11) is 0. The SMILES string of the molecule is Cc1nc2cc(-n3ncc(C(=O)c4cc5cc(C(F)(F)F)ccc5[nH]4)c3N)ccc2[nH]1. The minimum Gasteiger partial charge on any atom is -0.383 e. The van der Waals surface area contributed by atoms with Crippen LogP contribution in [-0.4, -0.2) is 30.5 Å². The Morgan fingerprint density at radius 2 is 1.84 bits per heavy atom. The molecule has 0 atom stereocenters. The Morgan fingerprint density at radius 3 is 2.61 bits per heavy atom. The molecule has 0 aliphatic heterocycles. The van der Waals surface area contributed by atoms with E-state index in [0.717, 1.165) is 29.0 Å². The highest BCUT2D eigenvalue weighted by Gasteiger charge is 2.30. The van der Waals surface area contributed by atoms with Crippen molar-refractivity contribution in [1.29, 1.82) is 0 Å². The van der Waals surface area contributed by atoms with Crippen LogP contribution in [0.3, 0.4) is 0 Å². The zero-order valence-electron chi connectivity index (χ0n) is 16.1. The molecule has 0 aliphatic carbocycles. The van der Waals surface area contributed by atoms with Gasteiger partial charge >= 0.3 is 6.18 Å². The Kier molecular flexibility index (Phi) is 3.94. The van der Waals surface area contributed by atoms with Crippen molar-refractivity contribution in [3.05, 3.63) is 71.3 Å². The second-order valence-corrected chi connectivity index (χ2v) is 7.19. The number of nitrogen functional groups attached to an aromatic ring is 1. The molecule has 31 heavy (non-hydrogen) atoms. The zero-order chi connectivity index (χ0) is 21.9. The second kappa shape index (κ2) is 6.46. The first-order valence-corrected chi connectivity index (χ1v) is 9.25. The van der Waals surface area contributed by atoms with Crippen molar-refractivity contribution in [2.24, 2.45) is 0 Å². The van der Waals surface area contributed by atoms with Crippen LogP contribution in [0.15, 0.2) is 48.7 Å². The summed E-state index contributed by atoms with van der Waals surface area (Å²) >= 11 is 0. The fourth-order valence-corrected chi connectivity index (χ4v) is 3.57. The highest BCUT2D eigenvalue weighted by Crippen LogP contribution is 2.32. The predicted octanol–water partition coefficient (Wildman–Crippen LogP) is 4.37. The smallest absolute Gasteiger partial charge is 0.383 e. The van der Waals surface area contributed by atoms with Crippen molar-refractivity contribution >= 4 is 33.5 Å². The number of nitrogens with one attached hydrogen (secondary N) is 2. The molecule has 0 bridgehead atoms. The van der Waals surface area contributed by atoms with Crippen LogP contribution in [0.25, 0.3) is 27.6 Å². The van der Waals surface area contributed by atoms with E-state index in [2.05, 4.69) is 20.1 Å². The third-order valence-electron chi connectivity index (χ3n) is 5.07. The van der Waals surface area contributed by atoms with Crippen LogP contribution in [0.1, 0.15) is 27.4 Å². The van der Waals surface area contributed by atoms with Gasteiger partial charge in [0.05, 0.1) is 39.7 Å². The van der Waals surface area contributed by atoms with Gasteiger partial charge in [0, 0.05) is 10.9 Å². The van der Waals surface area contributed by atoms with Crippen LogP contribution in [0.2, 0.25) is 0 Å². The number of ketones is 1. The Bertz CT molecular complexity index is 1470. The summed E-state index contributed by atoms with van der Waals surface area (Å²) in [4.78, 5) is 23.3. The zero-order valence-corrected chi connectivity index (χ0v) is 16.1. The molecule has 0 radical (unpaired) electrons. The summed E-state index contributed by atoms with van der Waals surface area (Å²) in [6, 6.07) is 10.0. The molecule has 0 saturated carbocycles. The quantitative estimate of drug-likeness (QED) is 0.374. The molecule has 3 heterocycles. The number of imidazole rings is 1. The molecule has 3 aromatic heterocycles. The van der Waals surface area contributed by atoms with E-state index in [-0.39, 0.29) is 22.5 Å². The summed E-state index contributed by atoms with van der Waals surface area (Å²) in [6.07, 6.45) is -3.13. The summed E-state index contributed by atoms with van der Waals surface area (Å²) in [5, 5.41) is 4.50. The van der Waals surface area contributed by atoms with E-state index in [9.17, 15) is 18.0 Å². The number of aryl methyl sites for hydroxylation is 1. The van der Waals surface area contributed by atoms with E-state index >= 15 is 0 Å². The van der Waals surface area contributed by atoms with Gasteiger partial charge in [0.25, 0.3) is 0 Å². The first-order chi connectivity index (χ1) is 14.7. The van der Waals surface area contributed by atoms with Crippen LogP contribution < -0.4 is 5.73 Å². The number of hydrogen-bond donors (Lipinski definition) is 3. The maximum atomic E-state index is 13.0. The van der Waals surface area contributed by atoms with Gasteiger partial charge < -0.3 is 15.7 Å². The topological polar surface area (TPSA) is 105 Å². The van der Waals surface area contributed by atoms with Crippen LogP contribution >= 0.6 is 0 Å². The molecule has 2 aromatic carbocycles. The van der Waals surface area contributed by atoms with Gasteiger partial charge in [-0.25, -0.2) is 9.67 Å². The molecule has 0 unspecified atom stereocenters. The molecule has 0 saturated heterocycles. The number of aromatic amines is 2. The lowest BCUT2D eigenvalue weighted by atomic mass is 10.1. The first-order valence-electron chi connectivity index (χ1n) is 9.25. The number of hydrogen-bond acceptors (Lipinski definition) is 4. The fraction of sp³-hybridized carbons (Fsp3) is 0.0952. The Hall–Kier alpha value is -4.08. The molecule has 0 amide bonds. The molecule has 0 fully saturated rings. The number of nitrogens with zero attached hydrogens (tertiary/aromatic N) is 3. The van der Waals surface area contributed by atoms with Crippen molar-refractivity contribution in [3.8, 4) is 5.69 Å². The number of carbonyl (C=O) groups excluding carboxylic acids is 1. The first kappa shape index (κ1) is 18.9. The largest absolute Gasteiger partial charge is 0.416 e. The molecule has 0 aliphatic rings. The molecule has 156 valence electrons. The molecular formula is C21H15F3N6O. The number of nitrogens with two attached hydrogens (primary N) is 1. The van der Waals surface area contributed by atoms with Gasteiger partial charge in [-0.1, -0.05) is 0 Å². The van der Waals surface area contributed by atoms with Crippen LogP contribution in [0.4, 0.5) is 19.0 Å². The number of anilines is 1. The van der Waals surface area contributed by atoms with E-state index in [1.165, 1.54) is 23.0 Å². The molecule has 7 nitrogen and oxygen atoms in total. The number of halogens is 3. The highest BCUT2D eigenvalue weighted by atomic mass is 19.4. The van der Waals surface area contributed by atoms with E-state index in [1.54, 1.807) is 12.1 Å². The third kappa shape index (κ3) is 3.12. The maximum absolute atomic E-state index is 13.0. The van der Waals surface area contributed by atoms with Gasteiger partial charge in [0.15, 0.2) is 0 Å². The molecule has 5 aromatic rings. The molecule has 0 spiro atoms. The Labute approximate surface area is 172 Å². The summed E-state index contributed by atoms with van der Waals surface area (Å²) in [6.45, 7) is 1.84. The Balaban J connectivity index is 1.52. The minimum atomic E-state index is -4.46. The van der Waals surface area contributed by atoms with Crippen LogP contribution in [0.5, 0.6) is 0 Å². The number of aromatic nitrogens is 5. The van der Waals surface area contributed by atoms with Gasteiger partial charge in [-0.05, 0) is 49.4 Å². The number of carbonyl (C=O) groups is 1. The van der Waals surface area contributed by atoms with E-state index in [0.29, 0.717) is 11.2 Å². The van der Waals surface area contributed by atoms with Gasteiger partial charge in [0.1, 0.15) is 11.6 Å². The van der Waals surface area contributed by atoms with Crippen LogP contribution in [-0.2, 0) is 6.18 Å². The molecule has 4 N–H and O–H groups in total. The van der Waals surface area contributed by atoms with Gasteiger partial charge in [0.2, 0.25) is 5.78 Å². The average molecular weight is 424 g/mol. The van der Waals surface area contributed by atoms with Crippen molar-refractivity contribution in [3.63, 3.8) is 0 Å². The number of alkyl halides is 3. The minimum absolute atomic E-state index is 0.117. The summed E-state index contributed by atoms with van der Waals surface area (Å²) in [5.41, 5.74) is 8.30. The average Bonchev–Trinajstić information content (AvgIpc) is 3.40. The Morgan fingerprint density at radius 1 is 1.06 bits per heavy atom. The normalized spacial score (nSPS) is 12.1. The van der Waals surface area contributed by atoms with Crippen molar-refractivity contribution in [2.45, 2.75) is 13.1 Å². The summed E-state index contributed by atoms with van der Waals surface area (Å²) < 4.78 is 40.3. The van der Waals surface area contributed by atoms with E-state index in [4.69, 9.17) is 5.73 Å². The monoisotopic (exact) mass is 424 g/mol. The lowest BCUT2D eigenvalue weighted by Gasteiger charge is -2.05. The highest BCUT2D eigenvalue weighted by molar-refractivity contribution is 6.12. The van der Waals surface area contributed by atoms with Crippen molar-refractivity contribution in [1.82, 2.24) is 24.7 Å². The number of fused-ring (bicyclic) bond motifs is 2. The third-order valence-corrected chi connectivity index (χ3v) is 5.07. The lowest BCUT2D eigenvalue weighted by molar-refractivity contribution is -0.137. The lowest BCUT2D eigenvalue weighted by Crippen LogP contribution is -2.07. The molecular weight excluding hydrogens is 409 g/mol. The van der Waals surface area contributed by atoms with Gasteiger partial charge in [-0.15, -0.1) is 0 Å². The number of benzene rings is 2. The second-order valence-electron chi connectivity index (χ2n) is 7.19. The van der Waals surface area contributed by atoms with Crippen molar-refractivity contribution in [2.75, 3.05) is 5.73 Å². The number of rotatable bonds is 3. The molecule has 10 heteroatoms. The molecule has 5 rings (SSSR count). The van der Waals surface area contributed by atoms with E-state index < -0.39 is 17.5 Å². The predicted molar refractivity (Wildman–Crippen MR) is 109 cm³/mol. The van der Waals surface area contributed by atoms with Gasteiger partial charge in [-0.2, -0.15) is 18.3 Å². The standard InChI is InChI=1S/C21H15F3N6O/c1-10-27-16-5-3-13(8-17(16)28-10)30-20(25)14(9-26-30)19(31)18-7-11-6-12(21(22,23)24)2-4-15(11)29-18/h2-9,29H,25H2,1H3,(H,27,28). The fourth-order valence-electron chi connectivity index (χ4n) is 3.57. The van der Waals surface area contributed by atoms with Crippen LogP contribution in [0, 0.1) is 6.92 Å². The van der Waals surface area contributed by atoms with Gasteiger partial charge in [-0.3, -0.25) is 4.79 Å². The van der Waals surface area contributed by atoms with E-state index in [1.807, 2.05) is 13.0 Å². The number of H-pyrrole nitrogens is 2. The van der Waals surface area contributed by atoms with Crippen molar-refractivity contribution < 1.29 is 18.0 Å².